The molecule has 0 radical (unpaired) electrons. The molecule has 0 aromatic carbocycles. The fraction of sp³-hybridized carbons (Fsp3) is 1.00. The molecule has 1 aliphatic carbocycles. The van der Waals surface area contributed by atoms with Crippen LogP contribution in [0.5, 0.6) is 0 Å². The monoisotopic (exact) mass is 237 g/mol. The fourth-order valence-corrected chi connectivity index (χ4v) is 3.31. The molecule has 0 amide bonds. The van der Waals surface area contributed by atoms with E-state index in [0.717, 1.165) is 11.3 Å². The highest BCUT2D eigenvalue weighted by Crippen LogP contribution is 2.58. The summed E-state index contributed by atoms with van der Waals surface area (Å²) < 4.78 is 1.38. The van der Waals surface area contributed by atoms with Crippen molar-refractivity contribution in [1.29, 1.82) is 0 Å². The maximum absolute atomic E-state index is 2.51. The summed E-state index contributed by atoms with van der Waals surface area (Å²) in [6.45, 7) is 2.75. The van der Waals surface area contributed by atoms with Gasteiger partial charge >= 0.3 is 0 Å². The fourth-order valence-electron chi connectivity index (χ4n) is 2.07. The molecule has 52 valence electrons. The number of likely N-dealkylation sites (tertiary alicyclic amines) is 1. The van der Waals surface area contributed by atoms with E-state index < -0.39 is 0 Å². The molecule has 1 saturated heterocycles. The van der Waals surface area contributed by atoms with Crippen LogP contribution in [0, 0.1) is 11.3 Å². The van der Waals surface area contributed by atoms with E-state index in [1.165, 1.54) is 23.9 Å². The Kier molecular flexibility index (Phi) is 1.31. The van der Waals surface area contributed by atoms with Gasteiger partial charge in [-0.3, -0.25) is 0 Å². The van der Waals surface area contributed by atoms with Crippen LogP contribution in [-0.4, -0.2) is 29.5 Å². The van der Waals surface area contributed by atoms with Crippen molar-refractivity contribution >= 4 is 22.6 Å². The zero-order chi connectivity index (χ0) is 6.48. The molecular weight excluding hydrogens is 225 g/mol. The van der Waals surface area contributed by atoms with Crippen molar-refractivity contribution in [2.45, 2.75) is 6.42 Å². The Morgan fingerprint density at radius 1 is 1.67 bits per heavy atom. The number of halogens is 1. The highest BCUT2D eigenvalue weighted by molar-refractivity contribution is 14.1. The minimum absolute atomic E-state index is 0.829. The molecule has 1 nitrogen and oxygen atoms in total. The number of hydrogen-bond donors (Lipinski definition) is 0. The van der Waals surface area contributed by atoms with E-state index >= 15 is 0 Å². The summed E-state index contributed by atoms with van der Waals surface area (Å²) in [6, 6.07) is 0. The Hall–Kier alpha value is 0.690. The van der Waals surface area contributed by atoms with Crippen molar-refractivity contribution in [1.82, 2.24) is 4.90 Å². The summed E-state index contributed by atoms with van der Waals surface area (Å²) in [7, 11) is 2.22. The first-order chi connectivity index (χ1) is 4.27. The Balaban J connectivity index is 1.89. The van der Waals surface area contributed by atoms with Crippen LogP contribution in [-0.2, 0) is 0 Å². The molecule has 0 aromatic heterocycles. The van der Waals surface area contributed by atoms with Crippen LogP contribution >= 0.6 is 22.6 Å². The number of hydrogen-bond acceptors (Lipinski definition) is 1. The van der Waals surface area contributed by atoms with Gasteiger partial charge in [0, 0.05) is 17.5 Å². The summed E-state index contributed by atoms with van der Waals surface area (Å²) in [5.41, 5.74) is 0.829. The van der Waals surface area contributed by atoms with E-state index in [1.54, 1.807) is 0 Å². The second-order valence-electron chi connectivity index (χ2n) is 3.59. The molecule has 0 bridgehead atoms. The van der Waals surface area contributed by atoms with Gasteiger partial charge in [-0.1, -0.05) is 22.6 Å². The summed E-state index contributed by atoms with van der Waals surface area (Å²) in [6.07, 6.45) is 1.51. The summed E-state index contributed by atoms with van der Waals surface area (Å²) >= 11 is 2.51. The predicted molar refractivity (Wildman–Crippen MR) is 46.9 cm³/mol. The van der Waals surface area contributed by atoms with Gasteiger partial charge in [-0.25, -0.2) is 0 Å². The van der Waals surface area contributed by atoms with Gasteiger partial charge in [0.1, 0.15) is 0 Å². The summed E-state index contributed by atoms with van der Waals surface area (Å²) in [5, 5.41) is 0. The molecule has 0 aromatic rings. The number of rotatable bonds is 1. The van der Waals surface area contributed by atoms with Crippen LogP contribution in [0.25, 0.3) is 0 Å². The third kappa shape index (κ3) is 0.827. The van der Waals surface area contributed by atoms with Crippen molar-refractivity contribution in [2.24, 2.45) is 11.3 Å². The molecule has 1 saturated carbocycles. The SMILES string of the molecule is CN1CC2(CC2CI)C1. The van der Waals surface area contributed by atoms with Crippen LogP contribution in [0.2, 0.25) is 0 Å². The van der Waals surface area contributed by atoms with Gasteiger partial charge in [0.25, 0.3) is 0 Å². The minimum atomic E-state index is 0.829. The molecule has 2 rings (SSSR count). The molecule has 1 spiro atoms. The Labute approximate surface area is 69.9 Å². The van der Waals surface area contributed by atoms with E-state index in [1.807, 2.05) is 0 Å². The molecule has 2 aliphatic rings. The molecule has 1 atom stereocenters. The lowest BCUT2D eigenvalue weighted by Crippen LogP contribution is -2.46. The Morgan fingerprint density at radius 2 is 2.33 bits per heavy atom. The van der Waals surface area contributed by atoms with Gasteiger partial charge in [0.05, 0.1) is 0 Å². The first kappa shape index (κ1) is 6.40. The first-order valence-corrected chi connectivity index (χ1v) is 5.04. The minimum Gasteiger partial charge on any atom is -0.305 e. The third-order valence-electron chi connectivity index (χ3n) is 2.71. The molecule has 1 unspecified atom stereocenters. The Morgan fingerprint density at radius 3 is 2.67 bits per heavy atom. The third-order valence-corrected chi connectivity index (χ3v) is 3.78. The van der Waals surface area contributed by atoms with Crippen LogP contribution in [0.4, 0.5) is 0 Å². The van der Waals surface area contributed by atoms with E-state index in [-0.39, 0.29) is 0 Å². The van der Waals surface area contributed by atoms with E-state index in [9.17, 15) is 0 Å². The smallest absolute Gasteiger partial charge is 0.00505 e. The summed E-state index contributed by atoms with van der Waals surface area (Å²) in [4.78, 5) is 2.42. The second-order valence-corrected chi connectivity index (χ2v) is 4.47. The van der Waals surface area contributed by atoms with Gasteiger partial charge in [0.2, 0.25) is 0 Å². The standard InChI is InChI=1S/C7H12IN/c1-9-4-7(5-9)2-6(7)3-8/h6H,2-5H2,1H3. The van der Waals surface area contributed by atoms with Gasteiger partial charge in [-0.2, -0.15) is 0 Å². The van der Waals surface area contributed by atoms with Gasteiger partial charge in [0.15, 0.2) is 0 Å². The molecule has 0 N–H and O–H groups in total. The highest BCUT2D eigenvalue weighted by atomic mass is 127. The molecular formula is C7H12IN. The van der Waals surface area contributed by atoms with Crippen molar-refractivity contribution < 1.29 is 0 Å². The lowest BCUT2D eigenvalue weighted by atomic mass is 9.95. The molecule has 2 heteroatoms. The van der Waals surface area contributed by atoms with Gasteiger partial charge in [-0.05, 0) is 24.8 Å². The average Bonchev–Trinajstić information content (AvgIpc) is 2.41. The zero-order valence-corrected chi connectivity index (χ0v) is 7.89. The largest absolute Gasteiger partial charge is 0.305 e. The topological polar surface area (TPSA) is 3.24 Å². The normalized spacial score (nSPS) is 38.7. The number of nitrogens with zero attached hydrogens (tertiary/aromatic N) is 1. The van der Waals surface area contributed by atoms with Crippen molar-refractivity contribution in [3.63, 3.8) is 0 Å². The van der Waals surface area contributed by atoms with E-state index in [4.69, 9.17) is 0 Å². The van der Waals surface area contributed by atoms with Crippen molar-refractivity contribution in [2.75, 3.05) is 24.6 Å². The lowest BCUT2D eigenvalue weighted by Gasteiger charge is -2.37. The average molecular weight is 237 g/mol. The first-order valence-electron chi connectivity index (χ1n) is 3.51. The highest BCUT2D eigenvalue weighted by Gasteiger charge is 2.59. The van der Waals surface area contributed by atoms with Crippen molar-refractivity contribution in [3.05, 3.63) is 0 Å². The molecule has 9 heavy (non-hydrogen) atoms. The van der Waals surface area contributed by atoms with E-state index in [2.05, 4.69) is 34.5 Å². The Bertz CT molecular complexity index is 129. The maximum Gasteiger partial charge on any atom is 0.00505 e. The lowest BCUT2D eigenvalue weighted by molar-refractivity contribution is 0.103. The van der Waals surface area contributed by atoms with Crippen LogP contribution in [0.1, 0.15) is 6.42 Å². The van der Waals surface area contributed by atoms with Gasteiger partial charge in [-0.15, -0.1) is 0 Å². The van der Waals surface area contributed by atoms with Crippen LogP contribution in [0.3, 0.4) is 0 Å². The van der Waals surface area contributed by atoms with Crippen LogP contribution < -0.4 is 0 Å². The zero-order valence-electron chi connectivity index (χ0n) is 5.73. The van der Waals surface area contributed by atoms with E-state index in [0.29, 0.717) is 0 Å². The van der Waals surface area contributed by atoms with Gasteiger partial charge < -0.3 is 4.90 Å². The van der Waals surface area contributed by atoms with Crippen LogP contribution in [0.15, 0.2) is 0 Å². The quantitative estimate of drug-likeness (QED) is 0.492. The molecule has 2 fully saturated rings. The second kappa shape index (κ2) is 1.84. The summed E-state index contributed by atoms with van der Waals surface area (Å²) in [5.74, 6) is 1.08. The molecule has 1 heterocycles. The predicted octanol–water partition coefficient (Wildman–Crippen LogP) is 1.37. The molecule has 1 aliphatic heterocycles. The van der Waals surface area contributed by atoms with Crippen molar-refractivity contribution in [3.8, 4) is 0 Å². The maximum atomic E-state index is 2.51. The number of alkyl halides is 1.